The molecule has 4 N–H and O–H groups in total. The lowest BCUT2D eigenvalue weighted by Gasteiger charge is -2.01. The molecule has 0 spiro atoms. The van der Waals surface area contributed by atoms with E-state index in [-0.39, 0.29) is 6.42 Å². The van der Waals surface area contributed by atoms with Crippen LogP contribution in [-0.2, 0) is 16.5 Å². The van der Waals surface area contributed by atoms with Crippen molar-refractivity contribution >= 4 is 10.1 Å². The van der Waals surface area contributed by atoms with Crippen LogP contribution in [0.4, 0.5) is 0 Å². The zero-order valence-corrected chi connectivity index (χ0v) is 12.0. The number of imidazole rings is 1. The summed E-state index contributed by atoms with van der Waals surface area (Å²) in [6.45, 7) is 5.76. The number of rotatable bonds is 5. The predicted octanol–water partition coefficient (Wildman–Crippen LogP) is 1.63. The molecule has 106 valence electrons. The number of nitrogens with one attached hydrogen (secondary N) is 1. The quantitative estimate of drug-likeness (QED) is 0.709. The zero-order chi connectivity index (χ0) is 14.2. The summed E-state index contributed by atoms with van der Waals surface area (Å²) in [5.41, 5.74) is 6.11. The Bertz CT molecular complexity index is 428. The number of aryl methyl sites for hydroxylation is 2. The Kier molecular flexibility index (Phi) is 7.81. The van der Waals surface area contributed by atoms with Gasteiger partial charge in [-0.1, -0.05) is 20.3 Å². The number of aromatic amines is 1. The highest BCUT2D eigenvalue weighted by Gasteiger charge is 2.13. The van der Waals surface area contributed by atoms with Crippen LogP contribution in [0.1, 0.15) is 44.6 Å². The minimum Gasteiger partial charge on any atom is -0.349 e. The summed E-state index contributed by atoms with van der Waals surface area (Å²) in [4.78, 5) is 7.36. The number of aromatic nitrogens is 2. The van der Waals surface area contributed by atoms with Crippen LogP contribution in [0.25, 0.3) is 0 Å². The number of nitrogens with two attached hydrogens (primary N) is 1. The van der Waals surface area contributed by atoms with E-state index in [0.717, 1.165) is 12.2 Å². The first-order valence-electron chi connectivity index (χ1n) is 6.04. The maximum Gasteiger partial charge on any atom is 0.280 e. The zero-order valence-electron chi connectivity index (χ0n) is 11.2. The van der Waals surface area contributed by atoms with E-state index in [1.54, 1.807) is 6.92 Å². The molecule has 1 rings (SSSR count). The second-order valence-corrected chi connectivity index (χ2v) is 5.68. The van der Waals surface area contributed by atoms with Gasteiger partial charge in [-0.05, 0) is 26.2 Å². The topological polar surface area (TPSA) is 109 Å². The van der Waals surface area contributed by atoms with Crippen LogP contribution in [-0.4, -0.2) is 28.3 Å². The molecule has 0 saturated carbocycles. The predicted molar refractivity (Wildman–Crippen MR) is 71.8 cm³/mol. The molecular weight excluding hydrogens is 254 g/mol. The SMILES string of the molecule is CCC(N)S(=O)(=O)O.CCCCc1c[nH]c(C)n1. The standard InChI is InChI=1S/C8H14N2.C3H9NO3S/c1-3-4-5-8-6-9-7(2)10-8;1-2-3(4)8(5,6)7/h6H,3-5H2,1-2H3,(H,9,10);3H,2,4H2,1H3,(H,5,6,7). The molecule has 0 aliphatic heterocycles. The average Bonchev–Trinajstić information content (AvgIpc) is 2.71. The van der Waals surface area contributed by atoms with Crippen molar-refractivity contribution in [3.63, 3.8) is 0 Å². The van der Waals surface area contributed by atoms with Gasteiger partial charge in [-0.25, -0.2) is 4.98 Å². The van der Waals surface area contributed by atoms with Gasteiger partial charge in [-0.3, -0.25) is 4.55 Å². The van der Waals surface area contributed by atoms with E-state index in [1.165, 1.54) is 18.5 Å². The van der Waals surface area contributed by atoms with Crippen LogP contribution >= 0.6 is 0 Å². The third kappa shape index (κ3) is 7.41. The van der Waals surface area contributed by atoms with Gasteiger partial charge < -0.3 is 10.7 Å². The molecule has 0 amide bonds. The van der Waals surface area contributed by atoms with Crippen LogP contribution in [0, 0.1) is 6.92 Å². The molecule has 0 fully saturated rings. The summed E-state index contributed by atoms with van der Waals surface area (Å²) in [7, 11) is -3.98. The maximum atomic E-state index is 9.99. The fourth-order valence-corrected chi connectivity index (χ4v) is 1.59. The summed E-state index contributed by atoms with van der Waals surface area (Å²) in [6, 6.07) is 0. The first-order valence-corrected chi connectivity index (χ1v) is 7.54. The smallest absolute Gasteiger partial charge is 0.280 e. The molecule has 1 heterocycles. The van der Waals surface area contributed by atoms with Gasteiger partial charge in [0.2, 0.25) is 0 Å². The van der Waals surface area contributed by atoms with Gasteiger partial charge in [0.05, 0.1) is 5.69 Å². The molecule has 1 aromatic heterocycles. The van der Waals surface area contributed by atoms with Gasteiger partial charge in [-0.2, -0.15) is 8.42 Å². The van der Waals surface area contributed by atoms with E-state index < -0.39 is 15.5 Å². The third-order valence-corrected chi connectivity index (χ3v) is 3.43. The third-order valence-electron chi connectivity index (χ3n) is 2.33. The van der Waals surface area contributed by atoms with Crippen LogP contribution in [0.15, 0.2) is 6.20 Å². The minimum atomic E-state index is -3.98. The Morgan fingerprint density at radius 3 is 2.39 bits per heavy atom. The Hall–Kier alpha value is -0.920. The maximum absolute atomic E-state index is 9.99. The Morgan fingerprint density at radius 1 is 1.50 bits per heavy atom. The molecule has 0 aliphatic rings. The van der Waals surface area contributed by atoms with Crippen LogP contribution in [0.5, 0.6) is 0 Å². The summed E-state index contributed by atoms with van der Waals surface area (Å²) in [6.07, 6.45) is 5.82. The molecule has 0 radical (unpaired) electrons. The molecule has 0 aliphatic carbocycles. The van der Waals surface area contributed by atoms with Crippen molar-refractivity contribution in [2.75, 3.05) is 0 Å². The number of nitrogens with zero attached hydrogens (tertiary/aromatic N) is 1. The van der Waals surface area contributed by atoms with Crippen LogP contribution < -0.4 is 5.73 Å². The van der Waals surface area contributed by atoms with E-state index in [9.17, 15) is 8.42 Å². The first kappa shape index (κ1) is 17.1. The molecule has 0 bridgehead atoms. The van der Waals surface area contributed by atoms with E-state index in [1.807, 2.05) is 13.1 Å². The van der Waals surface area contributed by atoms with Crippen molar-refractivity contribution in [2.24, 2.45) is 5.73 Å². The monoisotopic (exact) mass is 277 g/mol. The summed E-state index contributed by atoms with van der Waals surface area (Å²) < 4.78 is 28.1. The van der Waals surface area contributed by atoms with Gasteiger partial charge in [0.25, 0.3) is 10.1 Å². The summed E-state index contributed by atoms with van der Waals surface area (Å²) >= 11 is 0. The fourth-order valence-electron chi connectivity index (χ4n) is 1.16. The highest BCUT2D eigenvalue weighted by atomic mass is 32.2. The first-order chi connectivity index (χ1) is 8.31. The normalized spacial score (nSPS) is 12.7. The van der Waals surface area contributed by atoms with Crippen LogP contribution in [0.3, 0.4) is 0 Å². The lowest BCUT2D eigenvalue weighted by Crippen LogP contribution is -2.28. The van der Waals surface area contributed by atoms with E-state index in [2.05, 4.69) is 16.9 Å². The molecule has 1 aromatic rings. The highest BCUT2D eigenvalue weighted by molar-refractivity contribution is 7.86. The minimum absolute atomic E-state index is 0.235. The van der Waals surface area contributed by atoms with Crippen LogP contribution in [0.2, 0.25) is 0 Å². The van der Waals surface area contributed by atoms with E-state index in [0.29, 0.717) is 0 Å². The van der Waals surface area contributed by atoms with Crippen molar-refractivity contribution in [3.8, 4) is 0 Å². The lowest BCUT2D eigenvalue weighted by atomic mass is 10.2. The lowest BCUT2D eigenvalue weighted by molar-refractivity contribution is 0.466. The Balaban J connectivity index is 0.000000331. The number of unbranched alkanes of at least 4 members (excludes halogenated alkanes) is 1. The van der Waals surface area contributed by atoms with Crippen molar-refractivity contribution < 1.29 is 13.0 Å². The van der Waals surface area contributed by atoms with Gasteiger partial charge >= 0.3 is 0 Å². The van der Waals surface area contributed by atoms with Gasteiger partial charge in [0, 0.05) is 6.20 Å². The molecule has 18 heavy (non-hydrogen) atoms. The second kappa shape index (κ2) is 8.23. The number of H-pyrrole nitrogens is 1. The molecule has 0 aromatic carbocycles. The average molecular weight is 277 g/mol. The molecule has 1 atom stereocenters. The van der Waals surface area contributed by atoms with E-state index in [4.69, 9.17) is 10.3 Å². The molecule has 1 unspecified atom stereocenters. The van der Waals surface area contributed by atoms with Gasteiger partial charge in [0.15, 0.2) is 0 Å². The van der Waals surface area contributed by atoms with Crippen molar-refractivity contribution in [1.29, 1.82) is 0 Å². The molecule has 6 nitrogen and oxygen atoms in total. The molecular formula is C11H23N3O3S. The fraction of sp³-hybridized carbons (Fsp3) is 0.727. The Morgan fingerprint density at radius 2 is 2.11 bits per heavy atom. The second-order valence-electron chi connectivity index (χ2n) is 4.04. The Labute approximate surface area is 109 Å². The molecule has 0 saturated heterocycles. The largest absolute Gasteiger partial charge is 0.349 e. The number of hydrogen-bond acceptors (Lipinski definition) is 4. The summed E-state index contributed by atoms with van der Waals surface area (Å²) in [5, 5.41) is -1.12. The van der Waals surface area contributed by atoms with Gasteiger partial charge in [-0.15, -0.1) is 0 Å². The number of hydrogen-bond donors (Lipinski definition) is 3. The van der Waals surface area contributed by atoms with Crippen molar-refractivity contribution in [3.05, 3.63) is 17.7 Å². The van der Waals surface area contributed by atoms with Crippen molar-refractivity contribution in [2.45, 2.75) is 51.8 Å². The van der Waals surface area contributed by atoms with E-state index >= 15 is 0 Å². The van der Waals surface area contributed by atoms with Gasteiger partial charge in [0.1, 0.15) is 11.2 Å². The highest BCUT2D eigenvalue weighted by Crippen LogP contribution is 2.01. The molecule has 7 heteroatoms. The van der Waals surface area contributed by atoms with Crippen molar-refractivity contribution in [1.82, 2.24) is 9.97 Å². The summed E-state index contributed by atoms with van der Waals surface area (Å²) in [5.74, 6) is 1.02.